The summed E-state index contributed by atoms with van der Waals surface area (Å²) in [6, 6.07) is 0. The zero-order valence-electron chi connectivity index (χ0n) is 8.86. The van der Waals surface area contributed by atoms with Gasteiger partial charge in [0.1, 0.15) is 0 Å². The van der Waals surface area contributed by atoms with Crippen molar-refractivity contribution in [2.45, 2.75) is 38.5 Å². The fraction of sp³-hybridized carbons (Fsp3) is 1.00. The van der Waals surface area contributed by atoms with Crippen molar-refractivity contribution in [2.24, 2.45) is 47.3 Å². The molecule has 76 valence electrons. The molecule has 0 bridgehead atoms. The van der Waals surface area contributed by atoms with Gasteiger partial charge in [-0.25, -0.2) is 0 Å². The van der Waals surface area contributed by atoms with Gasteiger partial charge in [0.05, 0.1) is 0 Å². The Bertz CT molecular complexity index is 284. The molecular weight excluding hydrogens is 168 g/mol. The quantitative estimate of drug-likeness (QED) is 0.592. The van der Waals surface area contributed by atoms with Crippen LogP contribution in [0.1, 0.15) is 38.5 Å². The Kier molecular flexibility index (Phi) is 1.08. The Morgan fingerprint density at radius 3 is 1.93 bits per heavy atom. The van der Waals surface area contributed by atoms with Crippen LogP contribution in [0.15, 0.2) is 0 Å². The summed E-state index contributed by atoms with van der Waals surface area (Å²) in [5.74, 6) is 10.0. The zero-order chi connectivity index (χ0) is 8.86. The van der Waals surface area contributed by atoms with E-state index in [4.69, 9.17) is 0 Å². The van der Waals surface area contributed by atoms with Crippen LogP contribution in [0.3, 0.4) is 0 Å². The summed E-state index contributed by atoms with van der Waals surface area (Å²) in [5.41, 5.74) is 0. The minimum absolute atomic E-state index is 1.20. The molecule has 5 fully saturated rings. The molecule has 5 aliphatic rings. The molecular formula is C14H20. The lowest BCUT2D eigenvalue weighted by molar-refractivity contribution is -0.320. The molecule has 0 radical (unpaired) electrons. The molecule has 0 N–H and O–H groups in total. The fourth-order valence-corrected chi connectivity index (χ4v) is 6.04. The predicted molar refractivity (Wildman–Crippen MR) is 55.6 cm³/mol. The Morgan fingerprint density at radius 1 is 0.571 bits per heavy atom. The molecule has 7 unspecified atom stereocenters. The first-order valence-electron chi connectivity index (χ1n) is 6.95. The number of fused-ring (bicyclic) bond motifs is 7. The summed E-state index contributed by atoms with van der Waals surface area (Å²) in [6.07, 6.45) is 9.65. The second kappa shape index (κ2) is 2.08. The van der Waals surface area contributed by atoms with Crippen LogP contribution in [0.5, 0.6) is 0 Å². The molecule has 0 nitrogen and oxygen atoms in total. The minimum Gasteiger partial charge on any atom is -0.0528 e. The van der Waals surface area contributed by atoms with Gasteiger partial charge in [-0.2, -0.15) is 0 Å². The summed E-state index contributed by atoms with van der Waals surface area (Å²) in [7, 11) is 0. The maximum atomic E-state index is 1.67. The molecule has 5 saturated carbocycles. The van der Waals surface area contributed by atoms with Crippen molar-refractivity contribution in [1.82, 2.24) is 0 Å². The Morgan fingerprint density at radius 2 is 1.29 bits per heavy atom. The first-order valence-corrected chi connectivity index (χ1v) is 6.95. The van der Waals surface area contributed by atoms with Crippen LogP contribution >= 0.6 is 0 Å². The summed E-state index contributed by atoms with van der Waals surface area (Å²) in [6.45, 7) is 0. The molecule has 7 atom stereocenters. The topological polar surface area (TPSA) is 0 Å². The third kappa shape index (κ3) is 0.558. The van der Waals surface area contributed by atoms with Gasteiger partial charge in [0, 0.05) is 0 Å². The van der Waals surface area contributed by atoms with Gasteiger partial charge in [0.2, 0.25) is 0 Å². The van der Waals surface area contributed by atoms with Gasteiger partial charge in [-0.15, -0.1) is 0 Å². The van der Waals surface area contributed by atoms with E-state index >= 15 is 0 Å². The first kappa shape index (κ1) is 7.30. The van der Waals surface area contributed by atoms with Gasteiger partial charge in [-0.05, 0) is 66.6 Å². The average Bonchev–Trinajstić information content (AvgIpc) is 2.02. The molecule has 0 heteroatoms. The van der Waals surface area contributed by atoms with Crippen LogP contribution < -0.4 is 0 Å². The molecule has 0 spiro atoms. The summed E-state index contributed by atoms with van der Waals surface area (Å²) in [4.78, 5) is 0. The molecule has 0 heterocycles. The second-order valence-corrected chi connectivity index (χ2v) is 6.89. The van der Waals surface area contributed by atoms with Crippen LogP contribution in [0, 0.1) is 47.3 Å². The van der Waals surface area contributed by atoms with Gasteiger partial charge in [0.25, 0.3) is 0 Å². The fourth-order valence-electron chi connectivity index (χ4n) is 6.04. The summed E-state index contributed by atoms with van der Waals surface area (Å²) in [5, 5.41) is 0. The van der Waals surface area contributed by atoms with Crippen molar-refractivity contribution >= 4 is 0 Å². The Hall–Kier alpha value is 0. The van der Waals surface area contributed by atoms with Crippen molar-refractivity contribution in [3.05, 3.63) is 0 Å². The molecule has 0 amide bonds. The van der Waals surface area contributed by atoms with Crippen molar-refractivity contribution in [2.75, 3.05) is 0 Å². The smallest absolute Gasteiger partial charge is 0.0315 e. The third-order valence-corrected chi connectivity index (χ3v) is 7.04. The number of rotatable bonds is 1. The van der Waals surface area contributed by atoms with E-state index in [0.717, 1.165) is 0 Å². The van der Waals surface area contributed by atoms with Crippen molar-refractivity contribution < 1.29 is 0 Å². The SMILES string of the molecule is C1CC(C2CC3C2C2C4CCC4C32)C1. The lowest BCUT2D eigenvalue weighted by Crippen LogP contribution is -2.74. The second-order valence-electron chi connectivity index (χ2n) is 6.89. The van der Waals surface area contributed by atoms with Crippen LogP contribution in [0.4, 0.5) is 0 Å². The first-order chi connectivity index (χ1) is 6.95. The number of hydrogen-bond acceptors (Lipinski definition) is 0. The molecule has 0 aromatic rings. The Balaban J connectivity index is 1.37. The summed E-state index contributed by atoms with van der Waals surface area (Å²) < 4.78 is 0. The van der Waals surface area contributed by atoms with Crippen LogP contribution in [-0.4, -0.2) is 0 Å². The molecule has 0 saturated heterocycles. The maximum Gasteiger partial charge on any atom is -0.0315 e. The highest BCUT2D eigenvalue weighted by atomic mass is 14.8. The predicted octanol–water partition coefficient (Wildman–Crippen LogP) is 3.32. The highest BCUT2D eigenvalue weighted by Gasteiger charge is 2.74. The maximum absolute atomic E-state index is 1.67. The molecule has 0 aromatic carbocycles. The standard InChI is InChI=1S/C14H20/c1-2-7(3-1)10-6-11-12-8-4-5-9(8)14(12)13(10)11/h7-14H,1-6H2. The molecule has 0 aliphatic heterocycles. The molecule has 14 heavy (non-hydrogen) atoms. The van der Waals surface area contributed by atoms with Crippen LogP contribution in [-0.2, 0) is 0 Å². The zero-order valence-corrected chi connectivity index (χ0v) is 8.86. The lowest BCUT2D eigenvalue weighted by atomic mass is 9.25. The third-order valence-electron chi connectivity index (χ3n) is 7.04. The van der Waals surface area contributed by atoms with E-state index in [-0.39, 0.29) is 0 Å². The lowest BCUT2D eigenvalue weighted by Gasteiger charge is -2.80. The molecule has 0 aromatic heterocycles. The van der Waals surface area contributed by atoms with Gasteiger partial charge >= 0.3 is 0 Å². The van der Waals surface area contributed by atoms with Gasteiger partial charge < -0.3 is 0 Å². The average molecular weight is 188 g/mol. The highest BCUT2D eigenvalue weighted by Crippen LogP contribution is 2.79. The van der Waals surface area contributed by atoms with E-state index in [9.17, 15) is 0 Å². The van der Waals surface area contributed by atoms with Gasteiger partial charge in [-0.1, -0.05) is 19.3 Å². The largest absolute Gasteiger partial charge is 0.0528 e. The van der Waals surface area contributed by atoms with E-state index < -0.39 is 0 Å². The van der Waals surface area contributed by atoms with Gasteiger partial charge in [0.15, 0.2) is 0 Å². The highest BCUT2D eigenvalue weighted by molar-refractivity contribution is 5.21. The van der Waals surface area contributed by atoms with Gasteiger partial charge in [-0.3, -0.25) is 0 Å². The van der Waals surface area contributed by atoms with Crippen molar-refractivity contribution in [1.29, 1.82) is 0 Å². The number of hydrogen-bond donors (Lipinski definition) is 0. The molecule has 5 aliphatic carbocycles. The van der Waals surface area contributed by atoms with Crippen molar-refractivity contribution in [3.8, 4) is 0 Å². The van der Waals surface area contributed by atoms with E-state index in [1.807, 2.05) is 0 Å². The van der Waals surface area contributed by atoms with E-state index in [0.29, 0.717) is 0 Å². The van der Waals surface area contributed by atoms with E-state index in [1.165, 1.54) is 47.3 Å². The normalized spacial score (nSPS) is 68.1. The Labute approximate surface area is 86.5 Å². The van der Waals surface area contributed by atoms with Crippen LogP contribution in [0.25, 0.3) is 0 Å². The summed E-state index contributed by atoms with van der Waals surface area (Å²) >= 11 is 0. The monoisotopic (exact) mass is 188 g/mol. The molecule has 5 rings (SSSR count). The minimum atomic E-state index is 1.20. The van der Waals surface area contributed by atoms with E-state index in [2.05, 4.69) is 0 Å². The van der Waals surface area contributed by atoms with Crippen LogP contribution in [0.2, 0.25) is 0 Å². The van der Waals surface area contributed by atoms with Crippen molar-refractivity contribution in [3.63, 3.8) is 0 Å². The van der Waals surface area contributed by atoms with E-state index in [1.54, 1.807) is 38.5 Å².